The summed E-state index contributed by atoms with van der Waals surface area (Å²) in [5.41, 5.74) is 2.01. The van der Waals surface area contributed by atoms with Crippen molar-refractivity contribution in [2.75, 3.05) is 25.4 Å². The molecule has 0 aliphatic carbocycles. The number of hydrogen-bond donors (Lipinski definition) is 3. The minimum Gasteiger partial charge on any atom is -0.357 e. The Morgan fingerprint density at radius 3 is 2.57 bits per heavy atom. The van der Waals surface area contributed by atoms with Crippen LogP contribution in [0.25, 0.3) is 0 Å². The monoisotopic (exact) mass is 423 g/mol. The molecule has 2 aromatic rings. The van der Waals surface area contributed by atoms with Crippen molar-refractivity contribution < 1.29 is 8.42 Å². The second kappa shape index (κ2) is 11.1. The molecule has 9 heteroatoms. The van der Waals surface area contributed by atoms with E-state index in [0.717, 1.165) is 22.7 Å². The highest BCUT2D eigenvalue weighted by Gasteiger charge is 2.10. The molecule has 0 spiro atoms. The smallest absolute Gasteiger partial charge is 0.213 e. The van der Waals surface area contributed by atoms with Crippen LogP contribution in [0.5, 0.6) is 0 Å². The van der Waals surface area contributed by atoms with E-state index in [-0.39, 0.29) is 18.8 Å². The Morgan fingerprint density at radius 1 is 1.18 bits per heavy atom. The summed E-state index contributed by atoms with van der Waals surface area (Å²) in [4.78, 5) is 10.1. The molecule has 7 nitrogen and oxygen atoms in total. The molecule has 28 heavy (non-hydrogen) atoms. The van der Waals surface area contributed by atoms with Gasteiger partial charge in [0.15, 0.2) is 5.96 Å². The summed E-state index contributed by atoms with van der Waals surface area (Å²) in [6.45, 7) is 7.94. The van der Waals surface area contributed by atoms with Crippen molar-refractivity contribution in [3.63, 3.8) is 0 Å². The highest BCUT2D eigenvalue weighted by molar-refractivity contribution is 7.89. The summed E-state index contributed by atoms with van der Waals surface area (Å²) in [6.07, 6.45) is 0.806. The number of aryl methyl sites for hydroxylation is 2. The molecule has 1 aromatic carbocycles. The average Bonchev–Trinajstić information content (AvgIpc) is 2.98. The van der Waals surface area contributed by atoms with Gasteiger partial charge in [0, 0.05) is 30.9 Å². The number of nitrogens with zero attached hydrogens (tertiary/aromatic N) is 2. The van der Waals surface area contributed by atoms with Crippen LogP contribution >= 0.6 is 11.3 Å². The number of thiazole rings is 1. The average molecular weight is 424 g/mol. The van der Waals surface area contributed by atoms with Gasteiger partial charge < -0.3 is 10.6 Å². The second-order valence-electron chi connectivity index (χ2n) is 6.31. The van der Waals surface area contributed by atoms with Crippen LogP contribution in [-0.4, -0.2) is 44.7 Å². The third-order valence-electron chi connectivity index (χ3n) is 4.02. The van der Waals surface area contributed by atoms with Crippen molar-refractivity contribution in [2.45, 2.75) is 33.7 Å². The van der Waals surface area contributed by atoms with E-state index in [9.17, 15) is 8.42 Å². The van der Waals surface area contributed by atoms with Crippen LogP contribution in [0, 0.1) is 13.8 Å². The highest BCUT2D eigenvalue weighted by atomic mass is 32.2. The molecule has 0 fully saturated rings. The third-order valence-corrected chi connectivity index (χ3v) is 6.45. The maximum absolute atomic E-state index is 12.1. The van der Waals surface area contributed by atoms with Gasteiger partial charge in [0.25, 0.3) is 0 Å². The van der Waals surface area contributed by atoms with Gasteiger partial charge in [0.05, 0.1) is 23.0 Å². The Hall–Kier alpha value is -1.97. The van der Waals surface area contributed by atoms with E-state index in [2.05, 4.69) is 32.3 Å². The topological polar surface area (TPSA) is 95.5 Å². The molecule has 2 rings (SSSR count). The van der Waals surface area contributed by atoms with Crippen LogP contribution in [0.15, 0.2) is 35.3 Å². The summed E-state index contributed by atoms with van der Waals surface area (Å²) in [7, 11) is -3.38. The fraction of sp³-hybridized carbons (Fsp3) is 0.474. The summed E-state index contributed by atoms with van der Waals surface area (Å²) in [6, 6.07) is 9.45. The predicted octanol–water partition coefficient (Wildman–Crippen LogP) is 1.98. The molecular weight excluding hydrogens is 394 g/mol. The number of sulfonamides is 1. The lowest BCUT2D eigenvalue weighted by Crippen LogP contribution is -2.39. The summed E-state index contributed by atoms with van der Waals surface area (Å²) in [5, 5.41) is 7.46. The minimum absolute atomic E-state index is 0.0543. The van der Waals surface area contributed by atoms with Gasteiger partial charge in [-0.05, 0) is 26.3 Å². The highest BCUT2D eigenvalue weighted by Crippen LogP contribution is 2.16. The van der Waals surface area contributed by atoms with Gasteiger partial charge in [0.1, 0.15) is 0 Å². The van der Waals surface area contributed by atoms with Gasteiger partial charge in [-0.25, -0.2) is 18.1 Å². The molecule has 0 amide bonds. The lowest BCUT2D eigenvalue weighted by atomic mass is 10.2. The van der Waals surface area contributed by atoms with E-state index in [4.69, 9.17) is 0 Å². The fourth-order valence-corrected chi connectivity index (χ4v) is 4.21. The Bertz CT molecular complexity index is 844. The molecule has 1 heterocycles. The lowest BCUT2D eigenvalue weighted by Gasteiger charge is -2.11. The molecule has 0 saturated heterocycles. The Morgan fingerprint density at radius 2 is 1.93 bits per heavy atom. The van der Waals surface area contributed by atoms with Crippen molar-refractivity contribution in [1.82, 2.24) is 20.3 Å². The Kier molecular flexibility index (Phi) is 8.88. The van der Waals surface area contributed by atoms with Crippen molar-refractivity contribution in [3.05, 3.63) is 51.5 Å². The summed E-state index contributed by atoms with van der Waals surface area (Å²) >= 11 is 1.71. The number of aliphatic imine (C=N–C) groups is 1. The standard InChI is InChI=1S/C19H29N5O2S2/c1-4-20-19(21-11-10-18-24-15(2)16(3)27-18)22-12-13-28(25,26)23-14-17-8-6-5-7-9-17/h5-9,23H,4,10-14H2,1-3H3,(H2,20,21,22). The molecule has 0 unspecified atom stereocenters. The number of hydrogen-bond acceptors (Lipinski definition) is 5. The molecular formula is C19H29N5O2S2. The molecule has 0 aliphatic rings. The van der Waals surface area contributed by atoms with Crippen molar-refractivity contribution in [3.8, 4) is 0 Å². The molecule has 1 aromatic heterocycles. The number of aromatic nitrogens is 1. The van der Waals surface area contributed by atoms with Crippen molar-refractivity contribution in [2.24, 2.45) is 4.99 Å². The first kappa shape index (κ1) is 22.3. The Labute approximate surface area is 171 Å². The molecule has 154 valence electrons. The van der Waals surface area contributed by atoms with Crippen molar-refractivity contribution >= 4 is 27.3 Å². The zero-order valence-corrected chi connectivity index (χ0v) is 18.3. The number of guanidine groups is 1. The molecule has 0 atom stereocenters. The predicted molar refractivity (Wildman–Crippen MR) is 116 cm³/mol. The SMILES string of the molecule is CCNC(=NCCS(=O)(=O)NCc1ccccc1)NCCc1nc(C)c(C)s1. The number of nitrogens with one attached hydrogen (secondary N) is 3. The van der Waals surface area contributed by atoms with Crippen LogP contribution in [0.3, 0.4) is 0 Å². The molecule has 0 bridgehead atoms. The minimum atomic E-state index is -3.38. The van der Waals surface area contributed by atoms with Gasteiger partial charge in [0.2, 0.25) is 10.0 Å². The van der Waals surface area contributed by atoms with Gasteiger partial charge in [-0.1, -0.05) is 30.3 Å². The maximum Gasteiger partial charge on any atom is 0.213 e. The normalized spacial score (nSPS) is 12.2. The second-order valence-corrected chi connectivity index (χ2v) is 9.53. The first-order chi connectivity index (χ1) is 13.4. The first-order valence-electron chi connectivity index (χ1n) is 9.36. The summed E-state index contributed by atoms with van der Waals surface area (Å²) < 4.78 is 26.9. The van der Waals surface area contributed by atoms with Gasteiger partial charge in [-0.15, -0.1) is 11.3 Å². The third kappa shape index (κ3) is 7.95. The van der Waals surface area contributed by atoms with E-state index >= 15 is 0 Å². The first-order valence-corrected chi connectivity index (χ1v) is 11.8. The van der Waals surface area contributed by atoms with E-state index in [1.54, 1.807) is 11.3 Å². The van der Waals surface area contributed by atoms with Crippen LogP contribution in [0.2, 0.25) is 0 Å². The van der Waals surface area contributed by atoms with Gasteiger partial charge in [-0.3, -0.25) is 4.99 Å². The lowest BCUT2D eigenvalue weighted by molar-refractivity contribution is 0.581. The van der Waals surface area contributed by atoms with Crippen LogP contribution in [-0.2, 0) is 23.0 Å². The Balaban J connectivity index is 1.78. The van der Waals surface area contributed by atoms with E-state index in [1.807, 2.05) is 44.2 Å². The van der Waals surface area contributed by atoms with Gasteiger partial charge in [-0.2, -0.15) is 0 Å². The number of rotatable bonds is 10. The van der Waals surface area contributed by atoms with E-state index < -0.39 is 10.0 Å². The van der Waals surface area contributed by atoms with Gasteiger partial charge >= 0.3 is 0 Å². The summed E-state index contributed by atoms with van der Waals surface area (Å²) in [5.74, 6) is 0.562. The number of benzene rings is 1. The zero-order valence-electron chi connectivity index (χ0n) is 16.7. The van der Waals surface area contributed by atoms with E-state index in [1.165, 1.54) is 4.88 Å². The quantitative estimate of drug-likeness (QED) is 0.401. The van der Waals surface area contributed by atoms with Crippen LogP contribution in [0.1, 0.15) is 28.1 Å². The van der Waals surface area contributed by atoms with Crippen molar-refractivity contribution in [1.29, 1.82) is 0 Å². The van der Waals surface area contributed by atoms with E-state index in [0.29, 0.717) is 19.0 Å². The maximum atomic E-state index is 12.1. The van der Waals surface area contributed by atoms with Crippen LogP contribution < -0.4 is 15.4 Å². The van der Waals surface area contributed by atoms with Crippen LogP contribution in [0.4, 0.5) is 0 Å². The molecule has 0 radical (unpaired) electrons. The zero-order chi connectivity index (χ0) is 20.4. The molecule has 3 N–H and O–H groups in total. The molecule has 0 saturated carbocycles. The largest absolute Gasteiger partial charge is 0.357 e. The molecule has 0 aliphatic heterocycles. The fourth-order valence-electron chi connectivity index (χ4n) is 2.41.